The first-order chi connectivity index (χ1) is 8.43. The van der Waals surface area contributed by atoms with Crippen LogP contribution < -0.4 is 0 Å². The topological polar surface area (TPSA) is 88.2 Å². The van der Waals surface area contributed by atoms with Gasteiger partial charge in [0.05, 0.1) is 12.1 Å². The van der Waals surface area contributed by atoms with Crippen LogP contribution in [-0.4, -0.2) is 36.8 Å². The molecule has 1 saturated carbocycles. The second kappa shape index (κ2) is 4.60. The number of aromatic nitrogens is 3. The Kier molecular flexibility index (Phi) is 3.29. The van der Waals surface area contributed by atoms with E-state index < -0.39 is 29.4 Å². The van der Waals surface area contributed by atoms with Crippen molar-refractivity contribution in [3.8, 4) is 0 Å². The number of rotatable bonds is 4. The van der Waals surface area contributed by atoms with E-state index in [0.717, 1.165) is 17.5 Å². The number of carboxylic acids is 1. The number of alkyl halides is 2. The molecule has 0 bridgehead atoms. The minimum absolute atomic E-state index is 0.146. The predicted molar refractivity (Wildman–Crippen MR) is 55.4 cm³/mol. The molecule has 0 radical (unpaired) electrons. The van der Waals surface area contributed by atoms with E-state index in [0.29, 0.717) is 12.8 Å². The summed E-state index contributed by atoms with van der Waals surface area (Å²) in [5.41, 5.74) is -2.60. The third kappa shape index (κ3) is 2.33. The van der Waals surface area contributed by atoms with Crippen LogP contribution in [0.4, 0.5) is 8.78 Å². The van der Waals surface area contributed by atoms with E-state index in [9.17, 15) is 18.7 Å². The Labute approximate surface area is 101 Å². The van der Waals surface area contributed by atoms with Crippen molar-refractivity contribution in [1.29, 1.82) is 0 Å². The molecule has 0 atom stereocenters. The monoisotopic (exact) mass is 261 g/mol. The molecule has 1 heterocycles. The van der Waals surface area contributed by atoms with Crippen LogP contribution in [0.1, 0.15) is 48.3 Å². The first kappa shape index (κ1) is 12.9. The molecule has 0 saturated heterocycles. The molecule has 0 unspecified atom stereocenters. The molecule has 18 heavy (non-hydrogen) atoms. The predicted octanol–water partition coefficient (Wildman–Crippen LogP) is 1.22. The first-order valence-electron chi connectivity index (χ1n) is 5.60. The van der Waals surface area contributed by atoms with Crippen LogP contribution in [0.2, 0.25) is 0 Å². The Morgan fingerprint density at radius 2 is 2.06 bits per heavy atom. The molecule has 2 N–H and O–H groups in total. The average Bonchev–Trinajstić information content (AvgIpc) is 2.85. The number of aromatic carboxylic acids is 1. The Hall–Kier alpha value is -1.57. The average molecular weight is 261 g/mol. The fourth-order valence-electron chi connectivity index (χ4n) is 2.28. The van der Waals surface area contributed by atoms with Gasteiger partial charge in [0.1, 0.15) is 5.69 Å². The van der Waals surface area contributed by atoms with Gasteiger partial charge in [-0.2, -0.15) is 0 Å². The number of carboxylic acid groups (broad SMARTS) is 1. The number of halogens is 2. The molecule has 0 spiro atoms. The summed E-state index contributed by atoms with van der Waals surface area (Å²) in [5.74, 6) is -1.55. The van der Waals surface area contributed by atoms with Crippen molar-refractivity contribution in [2.24, 2.45) is 0 Å². The second-order valence-electron chi connectivity index (χ2n) is 4.52. The highest BCUT2D eigenvalue weighted by Gasteiger charge is 2.35. The van der Waals surface area contributed by atoms with E-state index >= 15 is 0 Å². The lowest BCUT2D eigenvalue weighted by molar-refractivity contribution is 0.0213. The summed E-state index contributed by atoms with van der Waals surface area (Å²) in [5, 5.41) is 25.5. The molecule has 6 nitrogen and oxygen atoms in total. The molecule has 0 aromatic carbocycles. The van der Waals surface area contributed by atoms with Crippen LogP contribution in [-0.2, 0) is 6.54 Å². The molecule has 2 rings (SSSR count). The third-order valence-corrected chi connectivity index (χ3v) is 3.16. The first-order valence-corrected chi connectivity index (χ1v) is 5.60. The number of carbonyl (C=O) groups is 1. The number of aliphatic hydroxyl groups is 1. The van der Waals surface area contributed by atoms with Gasteiger partial charge in [-0.25, -0.2) is 18.3 Å². The molecule has 100 valence electrons. The normalized spacial score (nSPS) is 18.4. The van der Waals surface area contributed by atoms with Gasteiger partial charge >= 0.3 is 5.97 Å². The summed E-state index contributed by atoms with van der Waals surface area (Å²) in [4.78, 5) is 10.7. The van der Waals surface area contributed by atoms with Gasteiger partial charge in [0.2, 0.25) is 0 Å². The fraction of sp³-hybridized carbons (Fsp3) is 0.700. The minimum Gasteiger partial charge on any atom is -0.476 e. The SMILES string of the molecule is O=C(O)c1nnn(CC2(O)CCCC2)c1C(F)F. The fourth-order valence-corrected chi connectivity index (χ4v) is 2.28. The molecule has 1 aromatic rings. The zero-order valence-electron chi connectivity index (χ0n) is 9.51. The van der Waals surface area contributed by atoms with Gasteiger partial charge in [-0.05, 0) is 12.8 Å². The van der Waals surface area contributed by atoms with Crippen molar-refractivity contribution in [3.05, 3.63) is 11.4 Å². The highest BCUT2D eigenvalue weighted by atomic mass is 19.3. The van der Waals surface area contributed by atoms with E-state index in [4.69, 9.17) is 5.11 Å². The molecular weight excluding hydrogens is 248 g/mol. The van der Waals surface area contributed by atoms with Gasteiger partial charge in [0, 0.05) is 0 Å². The lowest BCUT2D eigenvalue weighted by Gasteiger charge is -2.22. The molecule has 1 fully saturated rings. The van der Waals surface area contributed by atoms with E-state index in [1.165, 1.54) is 0 Å². The molecule has 1 aliphatic carbocycles. The molecule has 1 aliphatic rings. The van der Waals surface area contributed by atoms with Crippen molar-refractivity contribution >= 4 is 5.97 Å². The van der Waals surface area contributed by atoms with Crippen LogP contribution in [0, 0.1) is 0 Å². The standard InChI is InChI=1S/C10H13F2N3O3/c11-8(12)7-6(9(16)17)13-14-15(7)5-10(18)3-1-2-4-10/h8,18H,1-5H2,(H,16,17). The molecule has 0 aliphatic heterocycles. The largest absolute Gasteiger partial charge is 0.476 e. The summed E-state index contributed by atoms with van der Waals surface area (Å²) in [6.07, 6.45) is -0.353. The van der Waals surface area contributed by atoms with Gasteiger partial charge < -0.3 is 10.2 Å². The quantitative estimate of drug-likeness (QED) is 0.850. The Balaban J connectivity index is 2.30. The van der Waals surface area contributed by atoms with E-state index in [2.05, 4.69) is 10.3 Å². The molecular formula is C10H13F2N3O3. The van der Waals surface area contributed by atoms with Gasteiger partial charge in [-0.1, -0.05) is 18.1 Å². The van der Waals surface area contributed by atoms with Crippen molar-refractivity contribution in [1.82, 2.24) is 15.0 Å². The Bertz CT molecular complexity index is 455. The summed E-state index contributed by atoms with van der Waals surface area (Å²) >= 11 is 0. The Morgan fingerprint density at radius 1 is 1.44 bits per heavy atom. The third-order valence-electron chi connectivity index (χ3n) is 3.16. The molecule has 0 amide bonds. The van der Waals surface area contributed by atoms with Crippen LogP contribution >= 0.6 is 0 Å². The maximum absolute atomic E-state index is 12.8. The van der Waals surface area contributed by atoms with Gasteiger partial charge in [0.15, 0.2) is 5.69 Å². The van der Waals surface area contributed by atoms with Crippen molar-refractivity contribution < 1.29 is 23.8 Å². The van der Waals surface area contributed by atoms with Crippen molar-refractivity contribution in [3.63, 3.8) is 0 Å². The van der Waals surface area contributed by atoms with E-state index in [-0.39, 0.29) is 6.54 Å². The van der Waals surface area contributed by atoms with Gasteiger partial charge in [-0.15, -0.1) is 5.10 Å². The second-order valence-corrected chi connectivity index (χ2v) is 4.52. The molecule has 8 heteroatoms. The van der Waals surface area contributed by atoms with Crippen LogP contribution in [0.3, 0.4) is 0 Å². The van der Waals surface area contributed by atoms with Crippen LogP contribution in [0.25, 0.3) is 0 Å². The number of nitrogens with zero attached hydrogens (tertiary/aromatic N) is 3. The van der Waals surface area contributed by atoms with Gasteiger partial charge in [0.25, 0.3) is 6.43 Å². The Morgan fingerprint density at radius 3 is 2.56 bits per heavy atom. The zero-order valence-corrected chi connectivity index (χ0v) is 9.51. The summed E-state index contributed by atoms with van der Waals surface area (Å²) in [6, 6.07) is 0. The zero-order chi connectivity index (χ0) is 13.3. The number of hydrogen-bond donors (Lipinski definition) is 2. The maximum atomic E-state index is 12.8. The molecule has 1 aromatic heterocycles. The maximum Gasteiger partial charge on any atom is 0.358 e. The summed E-state index contributed by atoms with van der Waals surface area (Å²) in [7, 11) is 0. The highest BCUT2D eigenvalue weighted by molar-refractivity contribution is 5.86. The smallest absolute Gasteiger partial charge is 0.358 e. The lowest BCUT2D eigenvalue weighted by atomic mass is 10.0. The lowest BCUT2D eigenvalue weighted by Crippen LogP contribution is -2.32. The number of hydrogen-bond acceptors (Lipinski definition) is 4. The summed E-state index contributed by atoms with van der Waals surface area (Å²) in [6.45, 7) is -0.146. The van der Waals surface area contributed by atoms with Crippen molar-refractivity contribution in [2.75, 3.05) is 0 Å². The minimum atomic E-state index is -2.99. The highest BCUT2D eigenvalue weighted by Crippen LogP contribution is 2.32. The van der Waals surface area contributed by atoms with E-state index in [1.54, 1.807) is 0 Å². The van der Waals surface area contributed by atoms with Gasteiger partial charge in [-0.3, -0.25) is 0 Å². The van der Waals surface area contributed by atoms with Crippen LogP contribution in [0.5, 0.6) is 0 Å². The summed E-state index contributed by atoms with van der Waals surface area (Å²) < 4.78 is 26.5. The van der Waals surface area contributed by atoms with Crippen LogP contribution in [0.15, 0.2) is 0 Å². The van der Waals surface area contributed by atoms with E-state index in [1.807, 2.05) is 0 Å². The van der Waals surface area contributed by atoms with Crippen molar-refractivity contribution in [2.45, 2.75) is 44.3 Å².